The number of hydrogen-bond acceptors (Lipinski definition) is 7. The van der Waals surface area contributed by atoms with Crippen molar-refractivity contribution in [3.05, 3.63) is 86.0 Å². The lowest BCUT2D eigenvalue weighted by Gasteiger charge is -2.22. The highest BCUT2D eigenvalue weighted by Crippen LogP contribution is 2.44. The average molecular weight is 605 g/mol. The Kier molecular flexibility index (Phi) is 14.7. The maximum atomic E-state index is 12.1. The summed E-state index contributed by atoms with van der Waals surface area (Å²) >= 11 is 1.57. The fourth-order valence-electron chi connectivity index (χ4n) is 4.63. The number of carbonyl (C=O) groups is 2. The smallest absolute Gasteiger partial charge is 0.330 e. The first kappa shape index (κ1) is 33.8. The van der Waals surface area contributed by atoms with Gasteiger partial charge in [-0.3, -0.25) is 0 Å². The predicted molar refractivity (Wildman–Crippen MR) is 174 cm³/mol. The van der Waals surface area contributed by atoms with Crippen LogP contribution in [0.25, 0.3) is 10.8 Å². The zero-order valence-electron chi connectivity index (χ0n) is 25.4. The van der Waals surface area contributed by atoms with Gasteiger partial charge >= 0.3 is 11.9 Å². The quantitative estimate of drug-likeness (QED) is 0.0723. The van der Waals surface area contributed by atoms with Crippen molar-refractivity contribution in [2.45, 2.75) is 87.2 Å². The molecule has 7 heteroatoms. The fraction of sp³-hybridized carbons (Fsp3) is 0.389. The summed E-state index contributed by atoms with van der Waals surface area (Å²) in [5.74, 6) is 0.464. The molecule has 3 rings (SSSR count). The van der Waals surface area contributed by atoms with Crippen LogP contribution in [0.1, 0.15) is 65.2 Å². The first-order chi connectivity index (χ1) is 21.0. The van der Waals surface area contributed by atoms with E-state index >= 15 is 0 Å². The second kappa shape index (κ2) is 18.7. The summed E-state index contributed by atoms with van der Waals surface area (Å²) in [6, 6.07) is 20.0. The summed E-state index contributed by atoms with van der Waals surface area (Å²) in [6.07, 6.45) is 9.11. The summed E-state index contributed by atoms with van der Waals surface area (Å²) in [6.45, 7) is 11.8. The minimum absolute atomic E-state index is 0.215. The van der Waals surface area contributed by atoms with E-state index in [9.17, 15) is 9.59 Å². The van der Waals surface area contributed by atoms with Crippen LogP contribution in [0.15, 0.2) is 95.8 Å². The lowest BCUT2D eigenvalue weighted by molar-refractivity contribution is -0.145. The molecule has 2 atom stereocenters. The largest absolute Gasteiger partial charge is 0.489 e. The molecule has 3 aromatic carbocycles. The van der Waals surface area contributed by atoms with Crippen molar-refractivity contribution >= 4 is 34.5 Å². The molecule has 0 saturated carbocycles. The van der Waals surface area contributed by atoms with Gasteiger partial charge in [0.05, 0.1) is 4.90 Å². The molecule has 0 radical (unpaired) electrons. The van der Waals surface area contributed by atoms with Crippen LogP contribution in [0.5, 0.6) is 11.5 Å². The van der Waals surface area contributed by atoms with Crippen molar-refractivity contribution in [2.24, 2.45) is 0 Å². The van der Waals surface area contributed by atoms with Gasteiger partial charge < -0.3 is 18.9 Å². The zero-order chi connectivity index (χ0) is 30.9. The van der Waals surface area contributed by atoms with Crippen molar-refractivity contribution in [1.29, 1.82) is 0 Å². The van der Waals surface area contributed by atoms with Gasteiger partial charge in [-0.05, 0) is 43.9 Å². The molecule has 0 N–H and O–H groups in total. The van der Waals surface area contributed by atoms with Crippen LogP contribution in [-0.4, -0.2) is 37.4 Å². The van der Waals surface area contributed by atoms with Crippen LogP contribution >= 0.6 is 11.8 Å². The molecule has 0 saturated heterocycles. The monoisotopic (exact) mass is 604 g/mol. The van der Waals surface area contributed by atoms with Crippen LogP contribution in [0.3, 0.4) is 0 Å². The Morgan fingerprint density at radius 2 is 1.28 bits per heavy atom. The molecule has 0 spiro atoms. The third-order valence-corrected chi connectivity index (χ3v) is 7.92. The Morgan fingerprint density at radius 3 is 1.84 bits per heavy atom. The summed E-state index contributed by atoms with van der Waals surface area (Å²) in [5.41, 5.74) is 0. The topological polar surface area (TPSA) is 71.1 Å². The average Bonchev–Trinajstić information content (AvgIpc) is 3.03. The van der Waals surface area contributed by atoms with E-state index < -0.39 is 18.0 Å². The number of ether oxygens (including phenoxy) is 4. The number of esters is 2. The first-order valence-electron chi connectivity index (χ1n) is 15.2. The van der Waals surface area contributed by atoms with Crippen molar-refractivity contribution in [2.75, 3.05) is 13.2 Å². The number of unbranched alkanes of at least 4 members (excludes halogenated alkanes) is 4. The van der Waals surface area contributed by atoms with Crippen LogP contribution < -0.4 is 9.47 Å². The molecule has 0 aliphatic carbocycles. The molecular weight excluding hydrogens is 560 g/mol. The van der Waals surface area contributed by atoms with Crippen molar-refractivity contribution in [1.82, 2.24) is 0 Å². The van der Waals surface area contributed by atoms with Crippen LogP contribution in [0, 0.1) is 0 Å². The lowest BCUT2D eigenvalue weighted by atomic mass is 10.1. The minimum atomic E-state index is -0.455. The van der Waals surface area contributed by atoms with Gasteiger partial charge in [0.1, 0.15) is 36.9 Å². The minimum Gasteiger partial charge on any atom is -0.489 e. The number of rotatable bonds is 20. The Hall–Kier alpha value is -3.71. The van der Waals surface area contributed by atoms with Crippen molar-refractivity contribution in [3.63, 3.8) is 0 Å². The number of benzene rings is 3. The molecule has 230 valence electrons. The number of carbonyl (C=O) groups excluding carboxylic acids is 2. The van der Waals surface area contributed by atoms with E-state index in [1.807, 2.05) is 60.7 Å². The van der Waals surface area contributed by atoms with E-state index in [1.54, 1.807) is 11.8 Å². The van der Waals surface area contributed by atoms with Crippen molar-refractivity contribution in [3.8, 4) is 11.5 Å². The molecule has 0 heterocycles. The summed E-state index contributed by atoms with van der Waals surface area (Å²) in [4.78, 5) is 26.0. The fourth-order valence-corrected chi connectivity index (χ4v) is 5.61. The number of hydrogen-bond donors (Lipinski definition) is 0. The molecular formula is C36H44O6S. The second-order valence-corrected chi connectivity index (χ2v) is 11.4. The van der Waals surface area contributed by atoms with Crippen LogP contribution in [0.4, 0.5) is 0 Å². The zero-order valence-corrected chi connectivity index (χ0v) is 26.2. The molecule has 0 aromatic heterocycles. The maximum Gasteiger partial charge on any atom is 0.330 e. The van der Waals surface area contributed by atoms with E-state index in [0.717, 1.165) is 59.1 Å². The Morgan fingerprint density at radius 1 is 0.744 bits per heavy atom. The lowest BCUT2D eigenvalue weighted by Crippen LogP contribution is -2.25. The van der Waals surface area contributed by atoms with E-state index in [2.05, 4.69) is 27.0 Å². The molecule has 0 amide bonds. The van der Waals surface area contributed by atoms with Gasteiger partial charge in [0.25, 0.3) is 0 Å². The molecule has 2 unspecified atom stereocenters. The van der Waals surface area contributed by atoms with Gasteiger partial charge in [0.15, 0.2) is 0 Å². The summed E-state index contributed by atoms with van der Waals surface area (Å²) in [7, 11) is 0. The molecule has 43 heavy (non-hydrogen) atoms. The second-order valence-electron chi connectivity index (χ2n) is 10.3. The third-order valence-electron chi connectivity index (χ3n) is 6.89. The van der Waals surface area contributed by atoms with Gasteiger partial charge in [-0.2, -0.15) is 0 Å². The van der Waals surface area contributed by atoms with E-state index in [0.29, 0.717) is 24.3 Å². The standard InChI is InChI=1S/C36H44O6S/c1-5-9-12-18-27(41-34(37)7-3)25-39-32-24-33(43-29-20-14-11-15-21-29)36(31-23-17-16-22-30(31)32)40-26-28(19-13-10-6-2)42-35(38)8-4/h7-8,11,14-17,20-24,27-28H,3-6,9-10,12-13,18-19,25-26H2,1-2H3. The van der Waals surface area contributed by atoms with Gasteiger partial charge in [0, 0.05) is 27.8 Å². The molecule has 0 bridgehead atoms. The van der Waals surface area contributed by atoms with Crippen LogP contribution in [-0.2, 0) is 19.1 Å². The summed E-state index contributed by atoms with van der Waals surface area (Å²) in [5, 5.41) is 1.76. The van der Waals surface area contributed by atoms with Gasteiger partial charge in [-0.25, -0.2) is 9.59 Å². The normalized spacial score (nSPS) is 12.2. The van der Waals surface area contributed by atoms with E-state index in [1.165, 1.54) is 12.2 Å². The molecule has 6 nitrogen and oxygen atoms in total. The number of fused-ring (bicyclic) bond motifs is 1. The molecule has 0 fully saturated rings. The maximum absolute atomic E-state index is 12.1. The Bertz CT molecular complexity index is 1320. The molecule has 0 aliphatic heterocycles. The van der Waals surface area contributed by atoms with E-state index in [-0.39, 0.29) is 19.3 Å². The van der Waals surface area contributed by atoms with Gasteiger partial charge in [-0.15, -0.1) is 0 Å². The first-order valence-corrected chi connectivity index (χ1v) is 16.0. The third kappa shape index (κ3) is 11.1. The van der Waals surface area contributed by atoms with Crippen molar-refractivity contribution < 1.29 is 28.5 Å². The summed E-state index contributed by atoms with van der Waals surface area (Å²) < 4.78 is 24.2. The predicted octanol–water partition coefficient (Wildman–Crippen LogP) is 9.10. The SMILES string of the molecule is C=CC(=O)OC(CCCCC)COc1cc(Sc2ccccc2)c(OCC(CCCCC)OC(=O)C=C)c2ccccc12. The van der Waals surface area contributed by atoms with Crippen LogP contribution in [0.2, 0.25) is 0 Å². The highest BCUT2D eigenvalue weighted by atomic mass is 32.2. The highest BCUT2D eigenvalue weighted by molar-refractivity contribution is 7.99. The van der Waals surface area contributed by atoms with E-state index in [4.69, 9.17) is 18.9 Å². The Labute approximate surface area is 260 Å². The van der Waals surface area contributed by atoms with Gasteiger partial charge in [-0.1, -0.05) is 107 Å². The molecule has 0 aliphatic rings. The Balaban J connectivity index is 1.96. The highest BCUT2D eigenvalue weighted by Gasteiger charge is 2.21. The van der Waals surface area contributed by atoms with Gasteiger partial charge in [0.2, 0.25) is 0 Å². The molecule has 3 aromatic rings.